The Morgan fingerprint density at radius 3 is 2.50 bits per heavy atom. The first-order valence-electron chi connectivity index (χ1n) is 9.67. The fraction of sp³-hybridized carbons (Fsp3) is 0.435. The second-order valence-electron chi connectivity index (χ2n) is 8.90. The molecule has 1 N–H and O–H groups in total. The molecule has 0 bridgehead atoms. The molecule has 5 heteroatoms. The zero-order valence-corrected chi connectivity index (χ0v) is 17.2. The van der Waals surface area contributed by atoms with Gasteiger partial charge in [0, 0.05) is 30.9 Å². The van der Waals surface area contributed by atoms with Crippen LogP contribution in [-0.4, -0.2) is 12.5 Å². The van der Waals surface area contributed by atoms with Crippen molar-refractivity contribution in [1.82, 2.24) is 0 Å². The van der Waals surface area contributed by atoms with Crippen molar-refractivity contribution < 1.29 is 13.6 Å². The van der Waals surface area contributed by atoms with Crippen molar-refractivity contribution >= 4 is 17.3 Å². The monoisotopic (exact) mass is 386 g/mol. The van der Waals surface area contributed by atoms with Crippen LogP contribution in [0.5, 0.6) is 0 Å². The van der Waals surface area contributed by atoms with Gasteiger partial charge in [0.1, 0.15) is 0 Å². The zero-order chi connectivity index (χ0) is 20.6. The van der Waals surface area contributed by atoms with Gasteiger partial charge in [-0.05, 0) is 66.1 Å². The van der Waals surface area contributed by atoms with E-state index in [2.05, 4.69) is 16.3 Å². The summed E-state index contributed by atoms with van der Waals surface area (Å²) in [4.78, 5) is 14.6. The largest absolute Gasteiger partial charge is 0.367 e. The van der Waals surface area contributed by atoms with Gasteiger partial charge in [0.15, 0.2) is 11.6 Å². The molecule has 1 aliphatic rings. The zero-order valence-electron chi connectivity index (χ0n) is 17.2. The highest BCUT2D eigenvalue weighted by Crippen LogP contribution is 2.38. The number of aryl methyl sites for hydroxylation is 1. The molecule has 0 radical (unpaired) electrons. The third-order valence-electron chi connectivity index (χ3n) is 5.17. The van der Waals surface area contributed by atoms with E-state index in [1.807, 2.05) is 34.6 Å². The SMILES string of the molecule is Cc1cc2c(c(C)c1NC(=O)CC(C)(C)C)CCN2Cc1ccc(F)c(F)c1. The van der Waals surface area contributed by atoms with Crippen LogP contribution < -0.4 is 10.2 Å². The minimum atomic E-state index is -0.826. The molecular weight excluding hydrogens is 358 g/mol. The predicted octanol–water partition coefficient (Wildman–Crippen LogP) is 5.52. The number of amides is 1. The highest BCUT2D eigenvalue weighted by atomic mass is 19.2. The van der Waals surface area contributed by atoms with Gasteiger partial charge in [-0.3, -0.25) is 4.79 Å². The summed E-state index contributed by atoms with van der Waals surface area (Å²) in [6.45, 7) is 11.5. The van der Waals surface area contributed by atoms with E-state index in [0.717, 1.165) is 41.0 Å². The number of carbonyl (C=O) groups is 1. The van der Waals surface area contributed by atoms with E-state index in [1.54, 1.807) is 6.07 Å². The average Bonchev–Trinajstić information content (AvgIpc) is 2.96. The molecule has 0 saturated carbocycles. The van der Waals surface area contributed by atoms with Gasteiger partial charge >= 0.3 is 0 Å². The third kappa shape index (κ3) is 4.34. The number of benzene rings is 2. The number of hydrogen-bond donors (Lipinski definition) is 1. The number of fused-ring (bicyclic) bond motifs is 1. The number of rotatable bonds is 4. The average molecular weight is 386 g/mol. The molecule has 0 atom stereocenters. The van der Waals surface area contributed by atoms with E-state index < -0.39 is 11.6 Å². The lowest BCUT2D eigenvalue weighted by atomic mass is 9.91. The van der Waals surface area contributed by atoms with Crippen LogP contribution in [0.25, 0.3) is 0 Å². The maximum absolute atomic E-state index is 13.5. The number of hydrogen-bond acceptors (Lipinski definition) is 2. The summed E-state index contributed by atoms with van der Waals surface area (Å²) < 4.78 is 26.7. The van der Waals surface area contributed by atoms with Crippen LogP contribution in [-0.2, 0) is 17.8 Å². The second kappa shape index (κ2) is 7.53. The summed E-state index contributed by atoms with van der Waals surface area (Å²) in [5.41, 5.74) is 5.98. The smallest absolute Gasteiger partial charge is 0.224 e. The Hall–Kier alpha value is -2.43. The molecule has 28 heavy (non-hydrogen) atoms. The van der Waals surface area contributed by atoms with E-state index in [-0.39, 0.29) is 11.3 Å². The van der Waals surface area contributed by atoms with Gasteiger partial charge in [-0.2, -0.15) is 0 Å². The van der Waals surface area contributed by atoms with E-state index in [1.165, 1.54) is 17.7 Å². The highest BCUT2D eigenvalue weighted by Gasteiger charge is 2.25. The van der Waals surface area contributed by atoms with E-state index in [0.29, 0.717) is 13.0 Å². The molecule has 0 spiro atoms. The topological polar surface area (TPSA) is 32.3 Å². The van der Waals surface area contributed by atoms with Gasteiger partial charge in [0.05, 0.1) is 0 Å². The molecule has 2 aromatic carbocycles. The van der Waals surface area contributed by atoms with Gasteiger partial charge in [-0.25, -0.2) is 8.78 Å². The van der Waals surface area contributed by atoms with Crippen molar-refractivity contribution in [1.29, 1.82) is 0 Å². The van der Waals surface area contributed by atoms with Gasteiger partial charge in [-0.1, -0.05) is 26.8 Å². The summed E-state index contributed by atoms with van der Waals surface area (Å²) in [6, 6.07) is 6.14. The molecular formula is C23H28F2N2O. The summed E-state index contributed by atoms with van der Waals surface area (Å²) in [5.74, 6) is -1.62. The minimum Gasteiger partial charge on any atom is -0.367 e. The molecule has 3 nitrogen and oxygen atoms in total. The van der Waals surface area contributed by atoms with Crippen LogP contribution in [0.3, 0.4) is 0 Å². The van der Waals surface area contributed by atoms with Crippen molar-refractivity contribution in [3.8, 4) is 0 Å². The predicted molar refractivity (Wildman–Crippen MR) is 110 cm³/mol. The van der Waals surface area contributed by atoms with Crippen molar-refractivity contribution in [2.45, 2.75) is 54.0 Å². The van der Waals surface area contributed by atoms with Crippen LogP contribution in [0.1, 0.15) is 49.4 Å². The molecule has 3 rings (SSSR count). The van der Waals surface area contributed by atoms with Crippen molar-refractivity contribution in [2.24, 2.45) is 5.41 Å². The molecule has 0 aliphatic carbocycles. The molecule has 150 valence electrons. The number of halogens is 2. The Morgan fingerprint density at radius 1 is 1.14 bits per heavy atom. The summed E-state index contributed by atoms with van der Waals surface area (Å²) in [7, 11) is 0. The van der Waals surface area contributed by atoms with Gasteiger partial charge in [0.25, 0.3) is 0 Å². The molecule has 1 heterocycles. The summed E-state index contributed by atoms with van der Waals surface area (Å²) in [5, 5.41) is 3.09. The summed E-state index contributed by atoms with van der Waals surface area (Å²) in [6.07, 6.45) is 1.33. The van der Waals surface area contributed by atoms with Crippen molar-refractivity contribution in [2.75, 3.05) is 16.8 Å². The molecule has 1 aliphatic heterocycles. The molecule has 0 aromatic heterocycles. The van der Waals surface area contributed by atoms with Crippen molar-refractivity contribution in [3.05, 3.63) is 58.2 Å². The Balaban J connectivity index is 1.84. The van der Waals surface area contributed by atoms with E-state index in [4.69, 9.17) is 0 Å². The van der Waals surface area contributed by atoms with Gasteiger partial charge < -0.3 is 10.2 Å². The second-order valence-corrected chi connectivity index (χ2v) is 8.90. The van der Waals surface area contributed by atoms with Gasteiger partial charge in [0.2, 0.25) is 5.91 Å². The lowest BCUT2D eigenvalue weighted by molar-refractivity contribution is -0.117. The first-order valence-corrected chi connectivity index (χ1v) is 9.67. The molecule has 2 aromatic rings. The van der Waals surface area contributed by atoms with Crippen LogP contribution >= 0.6 is 0 Å². The highest BCUT2D eigenvalue weighted by molar-refractivity contribution is 5.93. The van der Waals surface area contributed by atoms with E-state index >= 15 is 0 Å². The van der Waals surface area contributed by atoms with Gasteiger partial charge in [-0.15, -0.1) is 0 Å². The number of carbonyl (C=O) groups excluding carboxylic acids is 1. The van der Waals surface area contributed by atoms with E-state index in [9.17, 15) is 13.6 Å². The molecule has 0 unspecified atom stereocenters. The number of anilines is 2. The van der Waals surface area contributed by atoms with Crippen LogP contribution in [0.4, 0.5) is 20.2 Å². The standard InChI is InChI=1S/C23H28F2N2O/c1-14-10-20-17(15(2)22(14)26-21(28)12-23(3,4)5)8-9-27(20)13-16-6-7-18(24)19(25)11-16/h6-7,10-11H,8-9,12-13H2,1-5H3,(H,26,28). The van der Waals surface area contributed by atoms with Crippen LogP contribution in [0.2, 0.25) is 0 Å². The van der Waals surface area contributed by atoms with Crippen LogP contribution in [0, 0.1) is 30.9 Å². The Kier molecular flexibility index (Phi) is 5.46. The molecule has 0 saturated heterocycles. The first-order chi connectivity index (χ1) is 13.0. The number of nitrogens with one attached hydrogen (secondary N) is 1. The summed E-state index contributed by atoms with van der Waals surface area (Å²) >= 11 is 0. The minimum absolute atomic E-state index is 0.0234. The quantitative estimate of drug-likeness (QED) is 0.750. The maximum atomic E-state index is 13.5. The molecule has 0 fully saturated rings. The van der Waals surface area contributed by atoms with Crippen LogP contribution in [0.15, 0.2) is 24.3 Å². The normalized spacial score (nSPS) is 13.6. The number of nitrogens with zero attached hydrogens (tertiary/aromatic N) is 1. The lowest BCUT2D eigenvalue weighted by Gasteiger charge is -2.23. The Bertz CT molecular complexity index is 916. The third-order valence-corrected chi connectivity index (χ3v) is 5.17. The Morgan fingerprint density at radius 2 is 1.86 bits per heavy atom. The first kappa shape index (κ1) is 20.3. The maximum Gasteiger partial charge on any atom is 0.224 e. The fourth-order valence-corrected chi connectivity index (χ4v) is 3.85. The Labute approximate surface area is 165 Å². The lowest BCUT2D eigenvalue weighted by Crippen LogP contribution is -2.21. The fourth-order valence-electron chi connectivity index (χ4n) is 3.85. The molecule has 1 amide bonds. The van der Waals surface area contributed by atoms with Crippen molar-refractivity contribution in [3.63, 3.8) is 0 Å².